The lowest BCUT2D eigenvalue weighted by molar-refractivity contribution is -0.227. The first-order chi connectivity index (χ1) is 12.2. The lowest BCUT2D eigenvalue weighted by Crippen LogP contribution is -2.78. The van der Waals surface area contributed by atoms with E-state index in [1.165, 1.54) is 0 Å². The molecule has 1 aliphatic carbocycles. The van der Waals surface area contributed by atoms with Gasteiger partial charge in [0.05, 0.1) is 5.75 Å². The van der Waals surface area contributed by atoms with E-state index in [0.717, 1.165) is 0 Å². The molecule has 0 bridgehead atoms. The molecule has 152 valence electrons. The average molecular weight is 733 g/mol. The summed E-state index contributed by atoms with van der Waals surface area (Å²) in [5.41, 5.74) is 0. The van der Waals surface area contributed by atoms with Gasteiger partial charge in [-0.2, -0.15) is 0 Å². The molecule has 1 saturated carbocycles. The molecule has 0 radical (unpaired) electrons. The van der Waals surface area contributed by atoms with E-state index in [0.29, 0.717) is 5.75 Å². The number of alkyl halides is 10. The molecular weight excluding hydrogens is 722 g/mol. The van der Waals surface area contributed by atoms with Crippen LogP contribution < -0.4 is 3.79 Å². The maximum absolute atomic E-state index is 15.8. The SMILES string of the molecule is C[CH2][Al]([O]c1ccccc1)[O]C1(F)C(Br)C(F)(Br)C(F)(Br)C(F)(Br)C1(F)Br. The molecule has 6 atom stereocenters. The van der Waals surface area contributed by atoms with Gasteiger partial charge >= 0.3 is 14.8 Å². The number of halogens is 10. The molecule has 2 nitrogen and oxygen atoms in total. The fraction of sp³-hybridized carbons (Fsp3) is 0.571. The van der Waals surface area contributed by atoms with Gasteiger partial charge in [-0.1, -0.05) is 41.1 Å². The summed E-state index contributed by atoms with van der Waals surface area (Å²) in [6.45, 7) is 1.58. The third kappa shape index (κ3) is 3.83. The van der Waals surface area contributed by atoms with E-state index in [-0.39, 0.29) is 5.28 Å². The Morgan fingerprint density at radius 2 is 1.44 bits per heavy atom. The van der Waals surface area contributed by atoms with E-state index in [4.69, 9.17) is 7.58 Å². The Morgan fingerprint density at radius 1 is 0.926 bits per heavy atom. The van der Waals surface area contributed by atoms with Crippen molar-refractivity contribution in [1.82, 2.24) is 0 Å². The Labute approximate surface area is 199 Å². The molecule has 0 aliphatic heterocycles. The van der Waals surface area contributed by atoms with Gasteiger partial charge in [-0.05, 0) is 81.1 Å². The van der Waals surface area contributed by atoms with Gasteiger partial charge in [0.25, 0.3) is 19.6 Å². The van der Waals surface area contributed by atoms with Crippen LogP contribution in [0.1, 0.15) is 6.92 Å². The van der Waals surface area contributed by atoms with Crippen LogP contribution in [-0.2, 0) is 3.79 Å². The van der Waals surface area contributed by atoms with Crippen LogP contribution >= 0.6 is 79.6 Å². The minimum absolute atomic E-state index is 0.127. The summed E-state index contributed by atoms with van der Waals surface area (Å²) in [5.74, 6) is -3.38. The van der Waals surface area contributed by atoms with E-state index in [1.807, 2.05) is 0 Å². The largest absolute Gasteiger partial charge is 0.767 e. The van der Waals surface area contributed by atoms with E-state index in [1.54, 1.807) is 37.3 Å². The summed E-state index contributed by atoms with van der Waals surface area (Å²) in [7, 11) is 0. The van der Waals surface area contributed by atoms with E-state index < -0.39 is 43.8 Å². The highest BCUT2D eigenvalue weighted by molar-refractivity contribution is 9.15. The molecular formula is C14H11AlBr5F5O2. The molecule has 0 N–H and O–H groups in total. The molecule has 27 heavy (non-hydrogen) atoms. The standard InChI is InChI=1S/C6HBr5F5O.C6H6O.C2H5.Al/c7-1-2(8,12)4(9,14)6(11,16)5(10,15)3(1,13)17;7-6-4-2-1-3-5-6;1-2;/h1H;1-5,7H;1H2,2H3;/q-1;;;+2/p-1. The Bertz CT molecular complexity index is 681. The van der Waals surface area contributed by atoms with Crippen molar-refractivity contribution in [3.05, 3.63) is 30.3 Å². The second kappa shape index (κ2) is 8.25. The second-order valence-electron chi connectivity index (χ2n) is 5.74. The highest BCUT2D eigenvalue weighted by Gasteiger charge is 2.88. The minimum atomic E-state index is -3.91. The van der Waals surface area contributed by atoms with Crippen LogP contribution in [0.3, 0.4) is 0 Å². The van der Waals surface area contributed by atoms with Gasteiger partial charge in [-0.3, -0.25) is 0 Å². The lowest BCUT2D eigenvalue weighted by atomic mass is 9.88. The van der Waals surface area contributed by atoms with Crippen molar-refractivity contribution in [2.24, 2.45) is 0 Å². The highest BCUT2D eigenvalue weighted by atomic mass is 79.9. The van der Waals surface area contributed by atoms with Crippen molar-refractivity contribution in [3.63, 3.8) is 0 Å². The van der Waals surface area contributed by atoms with Gasteiger partial charge in [0.15, 0.2) is 0 Å². The van der Waals surface area contributed by atoms with E-state index in [2.05, 4.69) is 79.6 Å². The first-order valence-corrected chi connectivity index (χ1v) is 13.2. The van der Waals surface area contributed by atoms with E-state index >= 15 is 17.6 Å². The van der Waals surface area contributed by atoms with Gasteiger partial charge in [0, 0.05) is 0 Å². The Morgan fingerprint density at radius 3 is 1.93 bits per heavy atom. The zero-order valence-corrected chi connectivity index (χ0v) is 22.4. The average Bonchev–Trinajstić information content (AvgIpc) is 2.59. The molecule has 1 aromatic rings. The Kier molecular flexibility index (Phi) is 7.58. The van der Waals surface area contributed by atoms with Crippen molar-refractivity contribution in [2.75, 3.05) is 0 Å². The zero-order valence-electron chi connectivity index (χ0n) is 13.3. The predicted octanol–water partition coefficient (Wildman–Crippen LogP) is 7.28. The number of hydrogen-bond acceptors (Lipinski definition) is 2. The van der Waals surface area contributed by atoms with Crippen LogP contribution in [0.4, 0.5) is 22.0 Å². The van der Waals surface area contributed by atoms with Gasteiger partial charge in [0.2, 0.25) is 4.58 Å². The van der Waals surface area contributed by atoms with Crippen molar-refractivity contribution in [1.29, 1.82) is 0 Å². The van der Waals surface area contributed by atoms with Gasteiger partial charge in [-0.25, -0.2) is 22.0 Å². The third-order valence-corrected chi connectivity index (χ3v) is 13.5. The van der Waals surface area contributed by atoms with Crippen molar-refractivity contribution in [2.45, 2.75) is 41.2 Å². The normalized spacial score (nSPS) is 44.8. The van der Waals surface area contributed by atoms with Crippen LogP contribution in [0.2, 0.25) is 5.28 Å². The quantitative estimate of drug-likeness (QED) is 0.180. The predicted molar refractivity (Wildman–Crippen MR) is 112 cm³/mol. The molecule has 0 amide bonds. The lowest BCUT2D eigenvalue weighted by Gasteiger charge is -2.56. The number of para-hydroxylation sites is 1. The molecule has 6 unspecified atom stereocenters. The van der Waals surface area contributed by atoms with Crippen LogP contribution in [0.25, 0.3) is 0 Å². The summed E-state index contributed by atoms with van der Waals surface area (Å²) >= 11 is 8.44. The van der Waals surface area contributed by atoms with Crippen molar-refractivity contribution >= 4 is 94.5 Å². The Hall–Kier alpha value is 1.56. The van der Waals surface area contributed by atoms with Crippen LogP contribution in [-0.4, -0.2) is 43.8 Å². The molecule has 2 rings (SSSR count). The minimum Gasteiger partial charge on any atom is -0.622 e. The summed E-state index contributed by atoms with van der Waals surface area (Å²) in [6.07, 6.45) is 0. The summed E-state index contributed by atoms with van der Waals surface area (Å²) in [6, 6.07) is 8.14. The third-order valence-electron chi connectivity index (χ3n) is 3.93. The molecule has 1 aliphatic rings. The molecule has 0 aromatic heterocycles. The number of benzene rings is 1. The molecule has 0 spiro atoms. The summed E-state index contributed by atoms with van der Waals surface area (Å²) < 4.78 is 71.7. The number of hydrogen-bond donors (Lipinski definition) is 0. The van der Waals surface area contributed by atoms with Gasteiger partial charge < -0.3 is 7.58 Å². The molecule has 13 heteroatoms. The number of rotatable bonds is 5. The van der Waals surface area contributed by atoms with Crippen LogP contribution in [0, 0.1) is 0 Å². The highest BCUT2D eigenvalue weighted by Crippen LogP contribution is 2.71. The topological polar surface area (TPSA) is 18.5 Å². The molecule has 0 heterocycles. The maximum atomic E-state index is 15.8. The molecule has 1 fully saturated rings. The van der Waals surface area contributed by atoms with Gasteiger partial charge in [0.1, 0.15) is 4.83 Å². The van der Waals surface area contributed by atoms with Crippen LogP contribution in [0.15, 0.2) is 30.3 Å². The second-order valence-corrected chi connectivity index (χ2v) is 13.2. The van der Waals surface area contributed by atoms with Crippen molar-refractivity contribution < 1.29 is 29.5 Å². The summed E-state index contributed by atoms with van der Waals surface area (Å²) in [4.78, 5) is -2.31. The fourth-order valence-corrected chi connectivity index (χ4v) is 8.34. The van der Waals surface area contributed by atoms with Crippen molar-refractivity contribution in [3.8, 4) is 5.75 Å². The first-order valence-electron chi connectivity index (χ1n) is 7.40. The monoisotopic (exact) mass is 728 g/mol. The molecule has 1 aromatic carbocycles. The fourth-order valence-electron chi connectivity index (χ4n) is 2.34. The molecule has 0 saturated heterocycles. The maximum Gasteiger partial charge on any atom is 0.767 e. The van der Waals surface area contributed by atoms with Gasteiger partial charge in [-0.15, -0.1) is 0 Å². The van der Waals surface area contributed by atoms with E-state index in [9.17, 15) is 4.39 Å². The van der Waals surface area contributed by atoms with Crippen LogP contribution in [0.5, 0.6) is 5.75 Å². The smallest absolute Gasteiger partial charge is 0.622 e. The summed E-state index contributed by atoms with van der Waals surface area (Å²) in [5, 5.41) is 0.127. The Balaban J connectivity index is 2.45. The zero-order chi connectivity index (χ0) is 20.9. The first kappa shape index (κ1) is 24.8.